The number of para-hydroxylation sites is 1. The SMILES string of the molecule is CCN(c1ccccc1F)c1cccc(F)c1CNC. The van der Waals surface area contributed by atoms with Crippen molar-refractivity contribution >= 4 is 11.4 Å². The van der Waals surface area contributed by atoms with Gasteiger partial charge in [-0.25, -0.2) is 8.78 Å². The number of hydrogen-bond donors (Lipinski definition) is 1. The lowest BCUT2D eigenvalue weighted by atomic mass is 10.1. The molecule has 0 fully saturated rings. The van der Waals surface area contributed by atoms with Crippen molar-refractivity contribution in [2.75, 3.05) is 18.5 Å². The molecule has 0 saturated heterocycles. The minimum atomic E-state index is -0.311. The van der Waals surface area contributed by atoms with Crippen LogP contribution in [0.2, 0.25) is 0 Å². The summed E-state index contributed by atoms with van der Waals surface area (Å²) in [6.45, 7) is 2.87. The zero-order chi connectivity index (χ0) is 14.5. The van der Waals surface area contributed by atoms with Crippen molar-refractivity contribution in [1.82, 2.24) is 5.32 Å². The van der Waals surface area contributed by atoms with Crippen LogP contribution in [0.4, 0.5) is 20.2 Å². The molecule has 2 aromatic rings. The standard InChI is InChI=1S/C16H18F2N2/c1-3-20(16-9-5-4-7-14(16)18)15-10-6-8-13(17)12(15)11-19-2/h4-10,19H,3,11H2,1-2H3. The second-order valence-corrected chi connectivity index (χ2v) is 4.46. The van der Waals surface area contributed by atoms with Crippen LogP contribution >= 0.6 is 0 Å². The third-order valence-corrected chi connectivity index (χ3v) is 3.20. The third kappa shape index (κ3) is 2.80. The summed E-state index contributed by atoms with van der Waals surface area (Å²) >= 11 is 0. The fraction of sp³-hybridized carbons (Fsp3) is 0.250. The van der Waals surface area contributed by atoms with Gasteiger partial charge in [0.1, 0.15) is 11.6 Å². The normalized spacial score (nSPS) is 10.6. The van der Waals surface area contributed by atoms with Crippen molar-refractivity contribution in [1.29, 1.82) is 0 Å². The van der Waals surface area contributed by atoms with Crippen LogP contribution in [0.3, 0.4) is 0 Å². The van der Waals surface area contributed by atoms with Crippen LogP contribution in [0.1, 0.15) is 12.5 Å². The molecule has 0 radical (unpaired) electrons. The number of nitrogens with zero attached hydrogens (tertiary/aromatic N) is 1. The summed E-state index contributed by atoms with van der Waals surface area (Å²) in [7, 11) is 1.76. The number of hydrogen-bond acceptors (Lipinski definition) is 2. The average Bonchev–Trinajstić information content (AvgIpc) is 2.45. The summed E-state index contributed by atoms with van der Waals surface area (Å²) in [4.78, 5) is 1.78. The summed E-state index contributed by atoms with van der Waals surface area (Å²) in [6.07, 6.45) is 0. The Kier molecular flexibility index (Phi) is 4.69. The monoisotopic (exact) mass is 276 g/mol. The minimum Gasteiger partial charge on any atom is -0.339 e. The van der Waals surface area contributed by atoms with E-state index in [1.807, 2.05) is 13.0 Å². The lowest BCUT2D eigenvalue weighted by molar-refractivity contribution is 0.599. The maximum atomic E-state index is 14.0. The van der Waals surface area contributed by atoms with Crippen LogP contribution in [0, 0.1) is 11.6 Å². The molecule has 0 aliphatic heterocycles. The highest BCUT2D eigenvalue weighted by molar-refractivity contribution is 5.67. The highest BCUT2D eigenvalue weighted by Gasteiger charge is 2.17. The predicted octanol–water partition coefficient (Wildman–Crippen LogP) is 3.84. The van der Waals surface area contributed by atoms with Crippen LogP contribution in [-0.4, -0.2) is 13.6 Å². The van der Waals surface area contributed by atoms with Crippen molar-refractivity contribution in [3.05, 3.63) is 59.7 Å². The lowest BCUT2D eigenvalue weighted by Gasteiger charge is -2.26. The summed E-state index contributed by atoms with van der Waals surface area (Å²) in [5, 5.41) is 2.95. The number of anilines is 2. The van der Waals surface area contributed by atoms with E-state index in [2.05, 4.69) is 5.32 Å². The molecule has 2 nitrogen and oxygen atoms in total. The van der Waals surface area contributed by atoms with E-state index in [1.165, 1.54) is 12.1 Å². The molecule has 0 heterocycles. The van der Waals surface area contributed by atoms with Gasteiger partial charge in [-0.1, -0.05) is 18.2 Å². The zero-order valence-electron chi connectivity index (χ0n) is 11.7. The number of benzene rings is 2. The Labute approximate surface area is 118 Å². The summed E-state index contributed by atoms with van der Waals surface area (Å²) < 4.78 is 28.0. The minimum absolute atomic E-state index is 0.286. The second kappa shape index (κ2) is 6.48. The Morgan fingerprint density at radius 3 is 2.25 bits per heavy atom. The number of nitrogens with one attached hydrogen (secondary N) is 1. The van der Waals surface area contributed by atoms with Crippen molar-refractivity contribution in [3.8, 4) is 0 Å². The van der Waals surface area contributed by atoms with Crippen LogP contribution < -0.4 is 10.2 Å². The smallest absolute Gasteiger partial charge is 0.146 e. The molecule has 0 atom stereocenters. The predicted molar refractivity (Wildman–Crippen MR) is 78.2 cm³/mol. The van der Waals surface area contributed by atoms with E-state index >= 15 is 0 Å². The van der Waals surface area contributed by atoms with Crippen molar-refractivity contribution in [3.63, 3.8) is 0 Å². The molecule has 0 spiro atoms. The molecule has 106 valence electrons. The first-order valence-electron chi connectivity index (χ1n) is 6.63. The largest absolute Gasteiger partial charge is 0.339 e. The highest BCUT2D eigenvalue weighted by atomic mass is 19.1. The van der Waals surface area contributed by atoms with Gasteiger partial charge in [0, 0.05) is 24.3 Å². The van der Waals surface area contributed by atoms with Gasteiger partial charge in [0.05, 0.1) is 5.69 Å². The van der Waals surface area contributed by atoms with E-state index in [4.69, 9.17) is 0 Å². The van der Waals surface area contributed by atoms with Crippen molar-refractivity contribution < 1.29 is 8.78 Å². The van der Waals surface area contributed by atoms with E-state index < -0.39 is 0 Å². The first-order valence-corrected chi connectivity index (χ1v) is 6.63. The molecule has 0 bridgehead atoms. The van der Waals surface area contributed by atoms with Crippen LogP contribution in [0.5, 0.6) is 0 Å². The molecule has 0 aliphatic rings. The van der Waals surface area contributed by atoms with Gasteiger partial charge in [0.15, 0.2) is 0 Å². The molecular formula is C16H18F2N2. The van der Waals surface area contributed by atoms with Crippen LogP contribution in [0.15, 0.2) is 42.5 Å². The molecule has 0 unspecified atom stereocenters. The second-order valence-electron chi connectivity index (χ2n) is 4.46. The highest BCUT2D eigenvalue weighted by Crippen LogP contribution is 2.31. The lowest BCUT2D eigenvalue weighted by Crippen LogP contribution is -2.21. The Bertz CT molecular complexity index is 584. The fourth-order valence-corrected chi connectivity index (χ4v) is 2.29. The average molecular weight is 276 g/mol. The van der Waals surface area contributed by atoms with E-state index in [1.54, 1.807) is 36.2 Å². The summed E-state index contributed by atoms with van der Waals surface area (Å²) in [5.74, 6) is -0.597. The Hall–Kier alpha value is -1.94. The molecule has 2 aromatic carbocycles. The van der Waals surface area contributed by atoms with Crippen LogP contribution in [0.25, 0.3) is 0 Å². The third-order valence-electron chi connectivity index (χ3n) is 3.20. The van der Waals surface area contributed by atoms with Gasteiger partial charge < -0.3 is 10.2 Å². The molecule has 0 saturated carbocycles. The first kappa shape index (κ1) is 14.5. The maximum absolute atomic E-state index is 14.0. The first-order chi connectivity index (χ1) is 9.69. The van der Waals surface area contributed by atoms with Gasteiger partial charge in [-0.15, -0.1) is 0 Å². The van der Waals surface area contributed by atoms with Gasteiger partial charge in [-0.05, 0) is 38.2 Å². The fourth-order valence-electron chi connectivity index (χ4n) is 2.29. The maximum Gasteiger partial charge on any atom is 0.146 e. The Morgan fingerprint density at radius 1 is 0.950 bits per heavy atom. The summed E-state index contributed by atoms with van der Waals surface area (Å²) in [5.41, 5.74) is 1.69. The van der Waals surface area contributed by atoms with Gasteiger partial charge in [-0.2, -0.15) is 0 Å². The zero-order valence-corrected chi connectivity index (χ0v) is 11.7. The van der Waals surface area contributed by atoms with Crippen LogP contribution in [-0.2, 0) is 6.54 Å². The van der Waals surface area contributed by atoms with E-state index in [-0.39, 0.29) is 11.6 Å². The molecular weight excluding hydrogens is 258 g/mol. The summed E-state index contributed by atoms with van der Waals surface area (Å²) in [6, 6.07) is 11.4. The molecule has 0 aliphatic carbocycles. The molecule has 2 rings (SSSR count). The topological polar surface area (TPSA) is 15.3 Å². The Morgan fingerprint density at radius 2 is 1.60 bits per heavy atom. The van der Waals surface area contributed by atoms with E-state index in [9.17, 15) is 8.78 Å². The van der Waals surface area contributed by atoms with E-state index in [0.717, 1.165) is 0 Å². The number of halogens is 2. The van der Waals surface area contributed by atoms with Gasteiger partial charge in [-0.3, -0.25) is 0 Å². The molecule has 0 aromatic heterocycles. The Balaban J connectivity index is 2.53. The van der Waals surface area contributed by atoms with Crippen molar-refractivity contribution in [2.24, 2.45) is 0 Å². The quantitative estimate of drug-likeness (QED) is 0.892. The molecule has 1 N–H and O–H groups in total. The van der Waals surface area contributed by atoms with Gasteiger partial charge in [0.2, 0.25) is 0 Å². The molecule has 4 heteroatoms. The molecule has 0 amide bonds. The van der Waals surface area contributed by atoms with Gasteiger partial charge >= 0.3 is 0 Å². The van der Waals surface area contributed by atoms with Gasteiger partial charge in [0.25, 0.3) is 0 Å². The van der Waals surface area contributed by atoms with E-state index in [0.29, 0.717) is 30.0 Å². The molecule has 20 heavy (non-hydrogen) atoms. The number of rotatable bonds is 5. The van der Waals surface area contributed by atoms with Crippen molar-refractivity contribution in [2.45, 2.75) is 13.5 Å².